The number of carbonyl (C=O) groups excluding carboxylic acids is 2. The van der Waals surface area contributed by atoms with Gasteiger partial charge in [-0.3, -0.25) is 14.6 Å². The van der Waals surface area contributed by atoms with Gasteiger partial charge in [-0.05, 0) is 32.6 Å². The Hall–Kier alpha value is -2.02. The average Bonchev–Trinajstić information content (AvgIpc) is 2.84. The number of nitrogens with zero attached hydrogens (tertiary/aromatic N) is 3. The number of aromatic nitrogens is 2. The second kappa shape index (κ2) is 7.25. The Morgan fingerprint density at radius 2 is 1.96 bits per heavy atom. The third-order valence-corrected chi connectivity index (χ3v) is 4.89. The van der Waals surface area contributed by atoms with Gasteiger partial charge in [0.15, 0.2) is 0 Å². The Balaban J connectivity index is 1.58. The summed E-state index contributed by atoms with van der Waals surface area (Å²) in [6.45, 7) is 2.30. The summed E-state index contributed by atoms with van der Waals surface area (Å²) < 4.78 is 5.01. The summed E-state index contributed by atoms with van der Waals surface area (Å²) in [4.78, 5) is 34.9. The van der Waals surface area contributed by atoms with Gasteiger partial charge in [-0.25, -0.2) is 4.98 Å². The largest absolute Gasteiger partial charge is 0.384 e. The lowest BCUT2D eigenvalue weighted by Gasteiger charge is -2.39. The van der Waals surface area contributed by atoms with Crippen LogP contribution in [-0.4, -0.2) is 58.5 Å². The van der Waals surface area contributed by atoms with Crippen LogP contribution in [0, 0.1) is 6.92 Å². The molecule has 24 heavy (non-hydrogen) atoms. The van der Waals surface area contributed by atoms with Crippen molar-refractivity contribution >= 4 is 11.8 Å². The van der Waals surface area contributed by atoms with Gasteiger partial charge in [-0.15, -0.1) is 0 Å². The van der Waals surface area contributed by atoms with E-state index in [1.54, 1.807) is 13.3 Å². The van der Waals surface area contributed by atoms with Crippen LogP contribution in [0.2, 0.25) is 0 Å². The predicted octanol–water partition coefficient (Wildman–Crippen LogP) is 1.07. The Kier molecular flexibility index (Phi) is 5.08. The highest BCUT2D eigenvalue weighted by atomic mass is 16.5. The first-order valence-corrected chi connectivity index (χ1v) is 8.48. The zero-order valence-electron chi connectivity index (χ0n) is 14.2. The van der Waals surface area contributed by atoms with Crippen molar-refractivity contribution in [2.75, 3.05) is 13.7 Å². The fraction of sp³-hybridized carbons (Fsp3) is 0.647. The van der Waals surface area contributed by atoms with E-state index in [4.69, 9.17) is 4.74 Å². The van der Waals surface area contributed by atoms with Gasteiger partial charge in [0, 0.05) is 31.4 Å². The molecule has 1 aromatic rings. The van der Waals surface area contributed by atoms with E-state index < -0.39 is 0 Å². The highest BCUT2D eigenvalue weighted by Crippen LogP contribution is 2.36. The normalized spacial score (nSPS) is 25.6. The van der Waals surface area contributed by atoms with Crippen LogP contribution < -0.4 is 5.32 Å². The van der Waals surface area contributed by atoms with Gasteiger partial charge < -0.3 is 15.0 Å². The van der Waals surface area contributed by atoms with Crippen LogP contribution in [0.1, 0.15) is 48.3 Å². The molecule has 130 valence electrons. The van der Waals surface area contributed by atoms with E-state index in [1.165, 1.54) is 6.20 Å². The topological polar surface area (TPSA) is 84.4 Å². The molecule has 2 fully saturated rings. The molecule has 2 unspecified atom stereocenters. The number of piperidine rings is 1. The Bertz CT molecular complexity index is 590. The number of carbonyl (C=O) groups is 2. The van der Waals surface area contributed by atoms with Gasteiger partial charge in [0.05, 0.1) is 24.9 Å². The van der Waals surface area contributed by atoms with Crippen molar-refractivity contribution < 1.29 is 14.3 Å². The minimum Gasteiger partial charge on any atom is -0.384 e. The molecule has 7 heteroatoms. The summed E-state index contributed by atoms with van der Waals surface area (Å²) in [6, 6.07) is 0.537. The fourth-order valence-electron chi connectivity index (χ4n) is 3.79. The molecule has 2 bridgehead atoms. The number of ether oxygens (including phenoxy) is 1. The van der Waals surface area contributed by atoms with Crippen LogP contribution in [0.5, 0.6) is 0 Å². The summed E-state index contributed by atoms with van der Waals surface area (Å²) in [7, 11) is 1.61. The molecule has 0 radical (unpaired) electrons. The van der Waals surface area contributed by atoms with Crippen molar-refractivity contribution in [1.82, 2.24) is 20.2 Å². The van der Waals surface area contributed by atoms with E-state index in [0.717, 1.165) is 31.4 Å². The molecule has 2 amide bonds. The Morgan fingerprint density at radius 3 is 2.54 bits per heavy atom. The van der Waals surface area contributed by atoms with Crippen LogP contribution >= 0.6 is 0 Å². The molecular formula is C17H24N4O3. The van der Waals surface area contributed by atoms with Gasteiger partial charge in [-0.1, -0.05) is 0 Å². The number of methoxy groups -OCH3 is 1. The lowest BCUT2D eigenvalue weighted by atomic mass is 9.96. The molecule has 2 aliphatic rings. The van der Waals surface area contributed by atoms with Crippen LogP contribution in [0.4, 0.5) is 0 Å². The van der Waals surface area contributed by atoms with Crippen molar-refractivity contribution in [3.05, 3.63) is 23.8 Å². The monoisotopic (exact) mass is 332 g/mol. The number of nitrogens with one attached hydrogen (secondary N) is 1. The van der Waals surface area contributed by atoms with Crippen molar-refractivity contribution in [3.63, 3.8) is 0 Å². The van der Waals surface area contributed by atoms with Crippen LogP contribution in [-0.2, 0) is 9.53 Å². The maximum Gasteiger partial charge on any atom is 0.271 e. The van der Waals surface area contributed by atoms with Gasteiger partial charge in [-0.2, -0.15) is 0 Å². The third kappa shape index (κ3) is 3.56. The lowest BCUT2D eigenvalue weighted by Crippen LogP contribution is -2.52. The minimum absolute atomic E-state index is 0.0876. The molecule has 7 nitrogen and oxygen atoms in total. The standard InChI is InChI=1S/C17H24N4O3/c1-11-9-19-15(10-18-11)17(23)20-12-7-13-3-4-14(8-12)21(13)16(22)5-6-24-2/h9-10,12-14H,3-8H2,1-2H3,(H,20,23). The molecule has 3 heterocycles. The van der Waals surface area contributed by atoms with Gasteiger partial charge in [0.2, 0.25) is 5.91 Å². The van der Waals surface area contributed by atoms with Gasteiger partial charge in [0.25, 0.3) is 5.91 Å². The summed E-state index contributed by atoms with van der Waals surface area (Å²) in [5.74, 6) is -0.0235. The van der Waals surface area contributed by atoms with Crippen molar-refractivity contribution in [2.45, 2.75) is 57.2 Å². The number of aryl methyl sites for hydroxylation is 1. The predicted molar refractivity (Wildman–Crippen MR) is 87.4 cm³/mol. The van der Waals surface area contributed by atoms with Crippen molar-refractivity contribution in [3.8, 4) is 0 Å². The lowest BCUT2D eigenvalue weighted by molar-refractivity contribution is -0.136. The third-order valence-electron chi connectivity index (χ3n) is 4.89. The molecule has 0 spiro atoms. The number of fused-ring (bicyclic) bond motifs is 2. The zero-order chi connectivity index (χ0) is 17.1. The summed E-state index contributed by atoms with van der Waals surface area (Å²) in [6.07, 6.45) is 7.17. The fourth-order valence-corrected chi connectivity index (χ4v) is 3.79. The summed E-state index contributed by atoms with van der Waals surface area (Å²) in [5.41, 5.74) is 1.12. The van der Waals surface area contributed by atoms with Gasteiger partial charge in [0.1, 0.15) is 5.69 Å². The van der Waals surface area contributed by atoms with E-state index in [2.05, 4.69) is 15.3 Å². The second-order valence-corrected chi connectivity index (χ2v) is 6.61. The van der Waals surface area contributed by atoms with E-state index in [0.29, 0.717) is 18.7 Å². The first kappa shape index (κ1) is 16.8. The van der Waals surface area contributed by atoms with Crippen LogP contribution in [0.15, 0.2) is 12.4 Å². The number of amides is 2. The van der Waals surface area contributed by atoms with Crippen LogP contribution in [0.25, 0.3) is 0 Å². The van der Waals surface area contributed by atoms with E-state index in [9.17, 15) is 9.59 Å². The molecule has 2 aliphatic heterocycles. The summed E-state index contributed by atoms with van der Waals surface area (Å²) in [5, 5.41) is 3.05. The van der Waals surface area contributed by atoms with Crippen molar-refractivity contribution in [2.24, 2.45) is 0 Å². The van der Waals surface area contributed by atoms with E-state index in [-0.39, 0.29) is 29.9 Å². The quantitative estimate of drug-likeness (QED) is 0.872. The van der Waals surface area contributed by atoms with E-state index >= 15 is 0 Å². The molecule has 0 saturated carbocycles. The number of hydrogen-bond acceptors (Lipinski definition) is 5. The smallest absolute Gasteiger partial charge is 0.271 e. The highest BCUT2D eigenvalue weighted by Gasteiger charge is 2.43. The minimum atomic E-state index is -0.189. The molecule has 1 aromatic heterocycles. The molecule has 3 rings (SSSR count). The molecular weight excluding hydrogens is 308 g/mol. The van der Waals surface area contributed by atoms with E-state index in [1.807, 2.05) is 11.8 Å². The molecule has 2 saturated heterocycles. The Morgan fingerprint density at radius 1 is 1.25 bits per heavy atom. The first-order chi connectivity index (χ1) is 11.6. The molecule has 1 N–H and O–H groups in total. The zero-order valence-corrected chi connectivity index (χ0v) is 14.2. The SMILES string of the molecule is COCCC(=O)N1C2CCC1CC(NC(=O)c1cnc(C)cn1)C2. The first-order valence-electron chi connectivity index (χ1n) is 8.48. The average molecular weight is 332 g/mol. The summed E-state index contributed by atoms with van der Waals surface area (Å²) >= 11 is 0. The maximum atomic E-state index is 12.3. The number of hydrogen-bond donors (Lipinski definition) is 1. The molecule has 0 aliphatic carbocycles. The number of rotatable bonds is 5. The Labute approximate surface area is 141 Å². The molecule has 0 aromatic carbocycles. The second-order valence-electron chi connectivity index (χ2n) is 6.61. The maximum absolute atomic E-state index is 12.3. The van der Waals surface area contributed by atoms with Crippen molar-refractivity contribution in [1.29, 1.82) is 0 Å². The van der Waals surface area contributed by atoms with Crippen LogP contribution in [0.3, 0.4) is 0 Å². The highest BCUT2D eigenvalue weighted by molar-refractivity contribution is 5.92. The molecule has 2 atom stereocenters. The van der Waals surface area contributed by atoms with Gasteiger partial charge >= 0.3 is 0 Å².